The van der Waals surface area contributed by atoms with Gasteiger partial charge in [-0.05, 0) is 74.9 Å². The van der Waals surface area contributed by atoms with Gasteiger partial charge in [0, 0.05) is 66.6 Å². The number of rotatable bonds is 10. The first-order chi connectivity index (χ1) is 18.2. The van der Waals surface area contributed by atoms with Crippen molar-refractivity contribution >= 4 is 0 Å². The van der Waals surface area contributed by atoms with E-state index in [4.69, 9.17) is 9.47 Å². The molecule has 0 atom stereocenters. The van der Waals surface area contributed by atoms with Crippen molar-refractivity contribution in [1.29, 1.82) is 0 Å². The Labute approximate surface area is 230 Å². The normalized spacial score (nSPS) is 17.9. The van der Waals surface area contributed by atoms with Crippen LogP contribution in [0, 0.1) is 41.5 Å². The lowest BCUT2D eigenvalue weighted by Gasteiger charge is -2.34. The Balaban J connectivity index is 1.78. The molecule has 0 unspecified atom stereocenters. The second-order valence-corrected chi connectivity index (χ2v) is 11.2. The van der Waals surface area contributed by atoms with Crippen LogP contribution in [-0.4, -0.2) is 86.3 Å². The molecule has 2 aromatic carbocycles. The molecular formula is C32H48N4O2. The molecule has 2 aromatic rings. The predicted molar refractivity (Wildman–Crippen MR) is 156 cm³/mol. The highest BCUT2D eigenvalue weighted by Crippen LogP contribution is 2.34. The average Bonchev–Trinajstić information content (AvgIpc) is 3.43. The van der Waals surface area contributed by atoms with Crippen molar-refractivity contribution in [2.75, 3.05) is 66.7 Å². The molecule has 2 heterocycles. The third kappa shape index (κ3) is 6.13. The zero-order valence-electron chi connectivity index (χ0n) is 25.0. The smallest absolute Gasteiger partial charge is 0.146 e. The fourth-order valence-corrected chi connectivity index (χ4v) is 6.32. The molecule has 208 valence electrons. The van der Waals surface area contributed by atoms with E-state index in [1.54, 1.807) is 14.2 Å². The Hall–Kier alpha value is -2.70. The monoisotopic (exact) mass is 520 g/mol. The van der Waals surface area contributed by atoms with Crippen LogP contribution in [0.25, 0.3) is 0 Å². The summed E-state index contributed by atoms with van der Waals surface area (Å²) in [5.41, 5.74) is 11.1. The molecule has 0 radical (unpaired) electrons. The first-order valence-electron chi connectivity index (χ1n) is 14.1. The fourth-order valence-electron chi connectivity index (χ4n) is 6.32. The van der Waals surface area contributed by atoms with Gasteiger partial charge in [0.2, 0.25) is 0 Å². The Morgan fingerprint density at radius 3 is 1.16 bits per heavy atom. The van der Waals surface area contributed by atoms with Crippen LogP contribution >= 0.6 is 0 Å². The van der Waals surface area contributed by atoms with Gasteiger partial charge in [0.25, 0.3) is 0 Å². The molecule has 4 rings (SSSR count). The van der Waals surface area contributed by atoms with Gasteiger partial charge in [-0.2, -0.15) is 0 Å². The standard InChI is InChI=1S/C32H48N4O2/c1-23-17-25(3)29(26(4)18-23)21-35-11-9-33(13-15-37-7)31(35)32-34(14-16-38-8)10-12-36(32)22-30-27(5)19-24(2)20-28(30)6/h17-20H,9-16,21-22H2,1-8H3/b32-31+. The maximum atomic E-state index is 5.55. The van der Waals surface area contributed by atoms with E-state index in [9.17, 15) is 0 Å². The second-order valence-electron chi connectivity index (χ2n) is 11.2. The van der Waals surface area contributed by atoms with E-state index in [1.165, 1.54) is 56.1 Å². The van der Waals surface area contributed by atoms with E-state index in [0.717, 1.165) is 65.6 Å². The van der Waals surface area contributed by atoms with Gasteiger partial charge in [0.1, 0.15) is 11.6 Å². The summed E-state index contributed by atoms with van der Waals surface area (Å²) in [6.07, 6.45) is 0. The summed E-state index contributed by atoms with van der Waals surface area (Å²) < 4.78 is 11.1. The highest BCUT2D eigenvalue weighted by atomic mass is 16.5. The summed E-state index contributed by atoms with van der Waals surface area (Å²) in [6.45, 7) is 22.6. The van der Waals surface area contributed by atoms with Crippen molar-refractivity contribution in [3.63, 3.8) is 0 Å². The van der Waals surface area contributed by atoms with Crippen molar-refractivity contribution in [3.05, 3.63) is 80.4 Å². The number of nitrogens with zero attached hydrogens (tertiary/aromatic N) is 4. The summed E-state index contributed by atoms with van der Waals surface area (Å²) in [5, 5.41) is 0. The van der Waals surface area contributed by atoms with Crippen LogP contribution in [0.15, 0.2) is 35.9 Å². The van der Waals surface area contributed by atoms with Gasteiger partial charge in [0.15, 0.2) is 0 Å². The maximum Gasteiger partial charge on any atom is 0.146 e. The molecular weight excluding hydrogens is 472 g/mol. The molecule has 0 aromatic heterocycles. The number of benzene rings is 2. The van der Waals surface area contributed by atoms with E-state index in [0.29, 0.717) is 0 Å². The molecule has 0 spiro atoms. The maximum absolute atomic E-state index is 5.55. The number of methoxy groups -OCH3 is 2. The molecule has 0 bridgehead atoms. The zero-order chi connectivity index (χ0) is 27.4. The van der Waals surface area contributed by atoms with Crippen molar-refractivity contribution in [2.45, 2.75) is 54.6 Å². The third-order valence-electron chi connectivity index (χ3n) is 8.19. The van der Waals surface area contributed by atoms with E-state index in [1.807, 2.05) is 0 Å². The molecule has 2 aliphatic rings. The van der Waals surface area contributed by atoms with Crippen LogP contribution < -0.4 is 0 Å². The summed E-state index contributed by atoms with van der Waals surface area (Å²) in [7, 11) is 3.60. The lowest BCUT2D eigenvalue weighted by Crippen LogP contribution is -2.36. The first-order valence-corrected chi connectivity index (χ1v) is 14.1. The second kappa shape index (κ2) is 12.4. The summed E-state index contributed by atoms with van der Waals surface area (Å²) in [6, 6.07) is 9.29. The molecule has 0 aliphatic carbocycles. The van der Waals surface area contributed by atoms with Crippen molar-refractivity contribution in [1.82, 2.24) is 19.6 Å². The highest BCUT2D eigenvalue weighted by molar-refractivity contribution is 5.39. The fraction of sp³-hybridized carbons (Fsp3) is 0.562. The van der Waals surface area contributed by atoms with Crippen molar-refractivity contribution in [3.8, 4) is 0 Å². The van der Waals surface area contributed by atoms with E-state index >= 15 is 0 Å². The minimum Gasteiger partial charge on any atom is -0.383 e. The van der Waals surface area contributed by atoms with E-state index < -0.39 is 0 Å². The molecule has 2 aliphatic heterocycles. The van der Waals surface area contributed by atoms with Gasteiger partial charge in [-0.25, -0.2) is 0 Å². The minimum absolute atomic E-state index is 0.724. The van der Waals surface area contributed by atoms with Gasteiger partial charge in [-0.15, -0.1) is 0 Å². The van der Waals surface area contributed by atoms with E-state index in [-0.39, 0.29) is 0 Å². The highest BCUT2D eigenvalue weighted by Gasteiger charge is 2.36. The van der Waals surface area contributed by atoms with Crippen LogP contribution in [0.5, 0.6) is 0 Å². The number of hydrogen-bond donors (Lipinski definition) is 0. The number of ether oxygens (including phenoxy) is 2. The topological polar surface area (TPSA) is 31.4 Å². The van der Waals surface area contributed by atoms with Crippen LogP contribution in [-0.2, 0) is 22.6 Å². The third-order valence-corrected chi connectivity index (χ3v) is 8.19. The lowest BCUT2D eigenvalue weighted by molar-refractivity contribution is 0.150. The SMILES string of the molecule is COCCN1CCN(Cc2c(C)cc(C)cc2C)/C1=C1\N(CCOC)CCN1Cc1c(C)cc(C)cc1C. The van der Waals surface area contributed by atoms with Crippen LogP contribution in [0.3, 0.4) is 0 Å². The van der Waals surface area contributed by atoms with Gasteiger partial charge in [0.05, 0.1) is 13.2 Å². The van der Waals surface area contributed by atoms with Gasteiger partial charge in [-0.1, -0.05) is 35.4 Å². The lowest BCUT2D eigenvalue weighted by atomic mass is 9.99. The molecule has 2 fully saturated rings. The van der Waals surface area contributed by atoms with Crippen LogP contribution in [0.2, 0.25) is 0 Å². The summed E-state index contributed by atoms with van der Waals surface area (Å²) >= 11 is 0. The molecule has 6 nitrogen and oxygen atoms in total. The number of hydrogen-bond acceptors (Lipinski definition) is 6. The quantitative estimate of drug-likeness (QED) is 0.443. The molecule has 0 amide bonds. The van der Waals surface area contributed by atoms with Crippen molar-refractivity contribution in [2.24, 2.45) is 0 Å². The Morgan fingerprint density at radius 1 is 0.526 bits per heavy atom. The predicted octanol–water partition coefficient (Wildman–Crippen LogP) is 4.89. The summed E-state index contributed by atoms with van der Waals surface area (Å²) in [4.78, 5) is 10.3. The Kier molecular flexibility index (Phi) is 9.27. The molecule has 38 heavy (non-hydrogen) atoms. The van der Waals surface area contributed by atoms with Gasteiger partial charge >= 0.3 is 0 Å². The molecule has 0 N–H and O–H groups in total. The van der Waals surface area contributed by atoms with Crippen molar-refractivity contribution < 1.29 is 9.47 Å². The molecule has 0 saturated carbocycles. The zero-order valence-corrected chi connectivity index (χ0v) is 25.0. The Morgan fingerprint density at radius 2 is 0.842 bits per heavy atom. The largest absolute Gasteiger partial charge is 0.383 e. The van der Waals surface area contributed by atoms with Gasteiger partial charge in [-0.3, -0.25) is 0 Å². The summed E-state index contributed by atoms with van der Waals surface area (Å²) in [5.74, 6) is 2.69. The number of aryl methyl sites for hydroxylation is 6. The van der Waals surface area contributed by atoms with E-state index in [2.05, 4.69) is 85.4 Å². The van der Waals surface area contributed by atoms with Crippen LogP contribution in [0.1, 0.15) is 44.5 Å². The average molecular weight is 521 g/mol. The Bertz CT molecular complexity index is 1020. The molecule has 2 saturated heterocycles. The minimum atomic E-state index is 0.724. The van der Waals surface area contributed by atoms with Crippen LogP contribution in [0.4, 0.5) is 0 Å². The van der Waals surface area contributed by atoms with Gasteiger partial charge < -0.3 is 29.1 Å². The first kappa shape index (κ1) is 28.3. The molecule has 6 heteroatoms.